The van der Waals surface area contributed by atoms with Gasteiger partial charge in [0, 0.05) is 11.7 Å². The van der Waals surface area contributed by atoms with Crippen LogP contribution in [0.25, 0.3) is 5.52 Å². The van der Waals surface area contributed by atoms with Gasteiger partial charge in [-0.3, -0.25) is 0 Å². The van der Waals surface area contributed by atoms with Crippen molar-refractivity contribution >= 4 is 21.4 Å². The van der Waals surface area contributed by atoms with E-state index in [0.29, 0.717) is 0 Å². The van der Waals surface area contributed by atoms with E-state index >= 15 is 0 Å². The summed E-state index contributed by atoms with van der Waals surface area (Å²) in [4.78, 5) is 4.41. The van der Waals surface area contributed by atoms with Crippen molar-refractivity contribution in [2.24, 2.45) is 5.73 Å². The normalized spacial score (nSPS) is 17.6. The molecule has 0 bridgehead atoms. The number of nitrogens with two attached hydrogens (primary N) is 1. The Bertz CT molecular complexity index is 569. The van der Waals surface area contributed by atoms with Gasteiger partial charge in [0.1, 0.15) is 10.4 Å². The maximum absolute atomic E-state index is 6.11. The van der Waals surface area contributed by atoms with Crippen molar-refractivity contribution in [2.75, 3.05) is 0 Å². The van der Waals surface area contributed by atoms with Gasteiger partial charge in [-0.05, 0) is 60.2 Å². The summed E-state index contributed by atoms with van der Waals surface area (Å²) >= 11 is 3.47. The average molecular weight is 294 g/mol. The zero-order valence-electron chi connectivity index (χ0n) is 9.91. The molecular formula is C13H16BrN3. The first-order valence-corrected chi connectivity index (χ1v) is 6.79. The Morgan fingerprint density at radius 3 is 2.94 bits per heavy atom. The molecule has 3 rings (SSSR count). The van der Waals surface area contributed by atoms with Crippen LogP contribution in [0.2, 0.25) is 0 Å². The molecule has 1 saturated carbocycles. The van der Waals surface area contributed by atoms with Crippen LogP contribution in [-0.2, 0) is 6.42 Å². The van der Waals surface area contributed by atoms with Gasteiger partial charge in [-0.2, -0.15) is 0 Å². The highest BCUT2D eigenvalue weighted by Crippen LogP contribution is 2.36. The molecule has 2 aromatic rings. The Hall–Kier alpha value is -0.870. The molecule has 90 valence electrons. The summed E-state index contributed by atoms with van der Waals surface area (Å²) in [5.74, 6) is 1.02. The van der Waals surface area contributed by atoms with Gasteiger partial charge in [-0.1, -0.05) is 6.07 Å². The third-order valence-electron chi connectivity index (χ3n) is 3.63. The van der Waals surface area contributed by atoms with E-state index in [1.165, 1.54) is 18.4 Å². The van der Waals surface area contributed by atoms with Crippen LogP contribution in [0.5, 0.6) is 0 Å². The second-order valence-corrected chi connectivity index (χ2v) is 5.86. The van der Waals surface area contributed by atoms with Crippen molar-refractivity contribution in [3.05, 3.63) is 34.3 Å². The number of fused-ring (bicyclic) bond motifs is 1. The lowest BCUT2D eigenvalue weighted by Crippen LogP contribution is -2.22. The average Bonchev–Trinajstić information content (AvgIpc) is 2.98. The summed E-state index contributed by atoms with van der Waals surface area (Å²) in [6, 6.07) is 4.29. The van der Waals surface area contributed by atoms with E-state index in [0.717, 1.165) is 28.8 Å². The second kappa shape index (κ2) is 3.82. The zero-order valence-corrected chi connectivity index (χ0v) is 11.5. The van der Waals surface area contributed by atoms with Crippen LogP contribution >= 0.6 is 15.9 Å². The molecule has 0 spiro atoms. The standard InChI is InChI=1S/C13H16BrN3/c1-9-16-12(14)11-3-2-10(8-17(9)11)4-5-13(15)6-7-13/h2-3,8H,4-7,15H2,1H3. The highest BCUT2D eigenvalue weighted by molar-refractivity contribution is 9.10. The molecule has 2 N–H and O–H groups in total. The molecule has 0 aliphatic heterocycles. The van der Waals surface area contributed by atoms with Crippen molar-refractivity contribution in [3.8, 4) is 0 Å². The van der Waals surface area contributed by atoms with Crippen molar-refractivity contribution in [3.63, 3.8) is 0 Å². The molecule has 4 heteroatoms. The Morgan fingerprint density at radius 2 is 2.24 bits per heavy atom. The predicted molar refractivity (Wildman–Crippen MR) is 72.1 cm³/mol. The van der Waals surface area contributed by atoms with Gasteiger partial charge in [0.2, 0.25) is 0 Å². The topological polar surface area (TPSA) is 43.3 Å². The molecule has 1 aliphatic rings. The van der Waals surface area contributed by atoms with E-state index in [1.807, 2.05) is 6.92 Å². The van der Waals surface area contributed by atoms with Gasteiger partial charge in [0.15, 0.2) is 0 Å². The third kappa shape index (κ3) is 2.11. The number of hydrogen-bond acceptors (Lipinski definition) is 2. The summed E-state index contributed by atoms with van der Waals surface area (Å²) in [7, 11) is 0. The zero-order chi connectivity index (χ0) is 12.0. The smallest absolute Gasteiger partial charge is 0.132 e. The number of aryl methyl sites for hydroxylation is 2. The maximum atomic E-state index is 6.11. The first-order chi connectivity index (χ1) is 8.07. The monoisotopic (exact) mass is 293 g/mol. The molecular weight excluding hydrogens is 278 g/mol. The van der Waals surface area contributed by atoms with E-state index in [9.17, 15) is 0 Å². The molecule has 1 aliphatic carbocycles. The van der Waals surface area contributed by atoms with Crippen LogP contribution in [0.3, 0.4) is 0 Å². The predicted octanol–water partition coefficient (Wildman–Crippen LogP) is 2.83. The molecule has 17 heavy (non-hydrogen) atoms. The molecule has 0 amide bonds. The number of halogens is 1. The van der Waals surface area contributed by atoms with Crippen molar-refractivity contribution in [1.82, 2.24) is 9.38 Å². The van der Waals surface area contributed by atoms with Crippen LogP contribution in [0.4, 0.5) is 0 Å². The lowest BCUT2D eigenvalue weighted by atomic mass is 10.1. The van der Waals surface area contributed by atoms with Crippen LogP contribution < -0.4 is 5.73 Å². The largest absolute Gasteiger partial charge is 0.325 e. The van der Waals surface area contributed by atoms with E-state index in [4.69, 9.17) is 5.73 Å². The van der Waals surface area contributed by atoms with E-state index < -0.39 is 0 Å². The first-order valence-electron chi connectivity index (χ1n) is 5.99. The SMILES string of the molecule is Cc1nc(Br)c2ccc(CCC3(N)CC3)cn12. The van der Waals surface area contributed by atoms with Gasteiger partial charge >= 0.3 is 0 Å². The van der Waals surface area contributed by atoms with Gasteiger partial charge in [0.25, 0.3) is 0 Å². The van der Waals surface area contributed by atoms with E-state index in [2.05, 4.69) is 43.6 Å². The lowest BCUT2D eigenvalue weighted by molar-refractivity contribution is 0.608. The minimum Gasteiger partial charge on any atom is -0.325 e. The number of imidazole rings is 1. The summed E-state index contributed by atoms with van der Waals surface area (Å²) < 4.78 is 3.05. The fourth-order valence-electron chi connectivity index (χ4n) is 2.19. The van der Waals surface area contributed by atoms with Crippen molar-refractivity contribution < 1.29 is 0 Å². The minimum atomic E-state index is 0.138. The molecule has 0 unspecified atom stereocenters. The quantitative estimate of drug-likeness (QED) is 0.946. The van der Waals surface area contributed by atoms with Crippen molar-refractivity contribution in [1.29, 1.82) is 0 Å². The molecule has 0 radical (unpaired) electrons. The molecule has 2 heterocycles. The second-order valence-electron chi connectivity index (χ2n) is 5.10. The van der Waals surface area contributed by atoms with Gasteiger partial charge in [-0.25, -0.2) is 4.98 Å². The first kappa shape index (κ1) is 11.2. The van der Waals surface area contributed by atoms with Crippen LogP contribution in [0.1, 0.15) is 30.7 Å². The Balaban J connectivity index is 1.88. The molecule has 1 fully saturated rings. The van der Waals surface area contributed by atoms with Crippen molar-refractivity contribution in [2.45, 2.75) is 38.1 Å². The number of nitrogens with zero attached hydrogens (tertiary/aromatic N) is 2. The Morgan fingerprint density at radius 1 is 1.47 bits per heavy atom. The molecule has 3 nitrogen and oxygen atoms in total. The molecule has 0 atom stereocenters. The van der Waals surface area contributed by atoms with Crippen LogP contribution in [0, 0.1) is 6.92 Å². The maximum Gasteiger partial charge on any atom is 0.132 e. The van der Waals surface area contributed by atoms with E-state index in [1.54, 1.807) is 0 Å². The van der Waals surface area contributed by atoms with Gasteiger partial charge in [0.05, 0.1) is 5.52 Å². The van der Waals surface area contributed by atoms with Gasteiger partial charge < -0.3 is 10.1 Å². The van der Waals surface area contributed by atoms with Crippen LogP contribution in [0.15, 0.2) is 22.9 Å². The summed E-state index contributed by atoms with van der Waals surface area (Å²) in [5, 5.41) is 0. The third-order valence-corrected chi connectivity index (χ3v) is 4.22. The summed E-state index contributed by atoms with van der Waals surface area (Å²) in [6.07, 6.45) is 6.69. The highest BCUT2D eigenvalue weighted by Gasteiger charge is 2.37. The highest BCUT2D eigenvalue weighted by atomic mass is 79.9. The number of pyridine rings is 1. The van der Waals surface area contributed by atoms with Gasteiger partial charge in [-0.15, -0.1) is 0 Å². The number of rotatable bonds is 3. The molecule has 0 aromatic carbocycles. The number of hydrogen-bond donors (Lipinski definition) is 1. The summed E-state index contributed by atoms with van der Waals surface area (Å²) in [5.41, 5.74) is 8.71. The molecule has 0 saturated heterocycles. The van der Waals surface area contributed by atoms with Crippen LogP contribution in [-0.4, -0.2) is 14.9 Å². The van der Waals surface area contributed by atoms with E-state index in [-0.39, 0.29) is 5.54 Å². The Kier molecular flexibility index (Phi) is 2.52. The minimum absolute atomic E-state index is 0.138. The number of aromatic nitrogens is 2. The fourth-order valence-corrected chi connectivity index (χ4v) is 2.77. The molecule has 2 aromatic heterocycles. The lowest BCUT2D eigenvalue weighted by Gasteiger charge is -2.08. The fraction of sp³-hybridized carbons (Fsp3) is 0.462. The Labute approximate surface area is 109 Å². The summed E-state index contributed by atoms with van der Waals surface area (Å²) in [6.45, 7) is 2.02.